The van der Waals surface area contributed by atoms with E-state index in [0.717, 1.165) is 26.1 Å². The standard InChI is InChI=1S/C17H29N3/c1-3-5-15-6-8-16(9-7-15)17(18)14-20-11-4-10-19(2)12-13-20/h6-9,17H,3-5,10-14,18H2,1-2H3. The van der Waals surface area contributed by atoms with E-state index < -0.39 is 0 Å². The molecule has 0 amide bonds. The Balaban J connectivity index is 1.88. The number of rotatable bonds is 5. The topological polar surface area (TPSA) is 32.5 Å². The Morgan fingerprint density at radius 3 is 2.55 bits per heavy atom. The first-order valence-corrected chi connectivity index (χ1v) is 7.94. The van der Waals surface area contributed by atoms with Crippen molar-refractivity contribution in [1.82, 2.24) is 9.80 Å². The van der Waals surface area contributed by atoms with Gasteiger partial charge < -0.3 is 15.5 Å². The van der Waals surface area contributed by atoms with Gasteiger partial charge in [-0.05, 0) is 44.1 Å². The maximum Gasteiger partial charge on any atom is 0.0424 e. The lowest BCUT2D eigenvalue weighted by atomic mass is 10.0. The highest BCUT2D eigenvalue weighted by molar-refractivity contribution is 5.25. The smallest absolute Gasteiger partial charge is 0.0424 e. The molecule has 0 aromatic heterocycles. The van der Waals surface area contributed by atoms with Crippen LogP contribution in [0.5, 0.6) is 0 Å². The number of nitrogens with zero attached hydrogens (tertiary/aromatic N) is 2. The van der Waals surface area contributed by atoms with E-state index in [2.05, 4.69) is 48.0 Å². The van der Waals surface area contributed by atoms with Gasteiger partial charge in [0, 0.05) is 25.7 Å². The molecule has 1 aliphatic rings. The molecule has 20 heavy (non-hydrogen) atoms. The molecule has 1 saturated heterocycles. The van der Waals surface area contributed by atoms with Gasteiger partial charge in [0.2, 0.25) is 0 Å². The van der Waals surface area contributed by atoms with Gasteiger partial charge in [0.1, 0.15) is 0 Å². The van der Waals surface area contributed by atoms with E-state index in [-0.39, 0.29) is 6.04 Å². The van der Waals surface area contributed by atoms with Gasteiger partial charge in [-0.1, -0.05) is 37.6 Å². The van der Waals surface area contributed by atoms with E-state index in [4.69, 9.17) is 5.73 Å². The van der Waals surface area contributed by atoms with E-state index >= 15 is 0 Å². The predicted octanol–water partition coefficient (Wildman–Crippen LogP) is 2.28. The van der Waals surface area contributed by atoms with Crippen molar-refractivity contribution in [3.8, 4) is 0 Å². The summed E-state index contributed by atoms with van der Waals surface area (Å²) in [7, 11) is 2.20. The van der Waals surface area contributed by atoms with E-state index in [1.165, 1.54) is 37.1 Å². The molecular weight excluding hydrogens is 246 g/mol. The zero-order valence-corrected chi connectivity index (χ0v) is 13.0. The second-order valence-corrected chi connectivity index (χ2v) is 6.06. The van der Waals surface area contributed by atoms with Crippen molar-refractivity contribution in [1.29, 1.82) is 0 Å². The molecule has 0 bridgehead atoms. The van der Waals surface area contributed by atoms with Crippen LogP contribution >= 0.6 is 0 Å². The maximum atomic E-state index is 6.38. The summed E-state index contributed by atoms with van der Waals surface area (Å²) in [5, 5.41) is 0. The van der Waals surface area contributed by atoms with Crippen molar-refractivity contribution >= 4 is 0 Å². The first-order chi connectivity index (χ1) is 9.69. The fraction of sp³-hybridized carbons (Fsp3) is 0.647. The van der Waals surface area contributed by atoms with Crippen LogP contribution in [0.1, 0.15) is 36.9 Å². The van der Waals surface area contributed by atoms with Crippen LogP contribution in [0.4, 0.5) is 0 Å². The number of nitrogens with two attached hydrogens (primary N) is 1. The van der Waals surface area contributed by atoms with Crippen LogP contribution in [0.3, 0.4) is 0 Å². The van der Waals surface area contributed by atoms with Gasteiger partial charge >= 0.3 is 0 Å². The van der Waals surface area contributed by atoms with Crippen LogP contribution in [0, 0.1) is 0 Å². The average molecular weight is 275 g/mol. The molecule has 3 heteroatoms. The SMILES string of the molecule is CCCc1ccc(C(N)CN2CCCN(C)CC2)cc1. The molecule has 1 heterocycles. The first-order valence-electron chi connectivity index (χ1n) is 7.94. The summed E-state index contributed by atoms with van der Waals surface area (Å²) in [6, 6.07) is 9.01. The van der Waals surface area contributed by atoms with E-state index in [1.54, 1.807) is 0 Å². The highest BCUT2D eigenvalue weighted by Gasteiger charge is 2.15. The number of hydrogen-bond donors (Lipinski definition) is 1. The minimum Gasteiger partial charge on any atom is -0.323 e. The van der Waals surface area contributed by atoms with Gasteiger partial charge in [-0.3, -0.25) is 0 Å². The Hall–Kier alpha value is -0.900. The first kappa shape index (κ1) is 15.5. The quantitative estimate of drug-likeness (QED) is 0.895. The molecule has 1 fully saturated rings. The number of likely N-dealkylation sites (N-methyl/N-ethyl adjacent to an activating group) is 1. The number of benzene rings is 1. The molecule has 2 N–H and O–H groups in total. The van der Waals surface area contributed by atoms with Crippen LogP contribution in [0.15, 0.2) is 24.3 Å². The predicted molar refractivity (Wildman–Crippen MR) is 85.9 cm³/mol. The second-order valence-electron chi connectivity index (χ2n) is 6.06. The summed E-state index contributed by atoms with van der Waals surface area (Å²) >= 11 is 0. The zero-order chi connectivity index (χ0) is 14.4. The number of hydrogen-bond acceptors (Lipinski definition) is 3. The monoisotopic (exact) mass is 275 g/mol. The summed E-state index contributed by atoms with van der Waals surface area (Å²) in [4.78, 5) is 4.92. The van der Waals surface area contributed by atoms with Crippen molar-refractivity contribution < 1.29 is 0 Å². The minimum absolute atomic E-state index is 0.133. The lowest BCUT2D eigenvalue weighted by Gasteiger charge is -2.24. The van der Waals surface area contributed by atoms with Gasteiger partial charge in [0.15, 0.2) is 0 Å². The van der Waals surface area contributed by atoms with Gasteiger partial charge in [-0.25, -0.2) is 0 Å². The highest BCUT2D eigenvalue weighted by Crippen LogP contribution is 2.15. The van der Waals surface area contributed by atoms with Crippen LogP contribution < -0.4 is 5.73 Å². The van der Waals surface area contributed by atoms with Crippen molar-refractivity contribution in [2.24, 2.45) is 5.73 Å². The molecule has 0 aliphatic carbocycles. The van der Waals surface area contributed by atoms with Crippen LogP contribution in [0.25, 0.3) is 0 Å². The van der Waals surface area contributed by atoms with Gasteiger partial charge in [0.05, 0.1) is 0 Å². The van der Waals surface area contributed by atoms with Gasteiger partial charge in [0.25, 0.3) is 0 Å². The average Bonchev–Trinajstić information content (AvgIpc) is 2.65. The fourth-order valence-electron chi connectivity index (χ4n) is 2.89. The van der Waals surface area contributed by atoms with Crippen LogP contribution in [-0.2, 0) is 6.42 Å². The van der Waals surface area contributed by atoms with Crippen molar-refractivity contribution in [2.45, 2.75) is 32.2 Å². The van der Waals surface area contributed by atoms with E-state index in [1.807, 2.05) is 0 Å². The number of aryl methyl sites for hydroxylation is 1. The maximum absolute atomic E-state index is 6.38. The molecule has 0 saturated carbocycles. The van der Waals surface area contributed by atoms with Crippen molar-refractivity contribution in [2.75, 3.05) is 39.8 Å². The van der Waals surface area contributed by atoms with Gasteiger partial charge in [-0.15, -0.1) is 0 Å². The molecule has 3 nitrogen and oxygen atoms in total. The zero-order valence-electron chi connectivity index (χ0n) is 13.0. The molecule has 2 rings (SSSR count). The summed E-state index contributed by atoms with van der Waals surface area (Å²) < 4.78 is 0. The summed E-state index contributed by atoms with van der Waals surface area (Å²) in [6.45, 7) is 7.86. The Labute approximate surface area is 123 Å². The van der Waals surface area contributed by atoms with Crippen molar-refractivity contribution in [3.05, 3.63) is 35.4 Å². The summed E-state index contributed by atoms with van der Waals surface area (Å²) in [5.41, 5.74) is 9.06. The Morgan fingerprint density at radius 2 is 1.85 bits per heavy atom. The van der Waals surface area contributed by atoms with Gasteiger partial charge in [-0.2, -0.15) is 0 Å². The van der Waals surface area contributed by atoms with Crippen molar-refractivity contribution in [3.63, 3.8) is 0 Å². The molecule has 0 spiro atoms. The highest BCUT2D eigenvalue weighted by atomic mass is 15.2. The lowest BCUT2D eigenvalue weighted by Crippen LogP contribution is -2.35. The fourth-order valence-corrected chi connectivity index (χ4v) is 2.89. The second kappa shape index (κ2) is 7.77. The molecule has 1 aromatic carbocycles. The van der Waals surface area contributed by atoms with E-state index in [9.17, 15) is 0 Å². The Kier molecular flexibility index (Phi) is 6.02. The minimum atomic E-state index is 0.133. The third-order valence-electron chi connectivity index (χ3n) is 4.21. The van der Waals surface area contributed by atoms with E-state index in [0.29, 0.717) is 0 Å². The molecule has 1 unspecified atom stereocenters. The molecule has 112 valence electrons. The Morgan fingerprint density at radius 1 is 1.10 bits per heavy atom. The third-order valence-corrected chi connectivity index (χ3v) is 4.21. The molecule has 1 atom stereocenters. The molecule has 1 aromatic rings. The Bertz CT molecular complexity index is 388. The van der Waals surface area contributed by atoms with Crippen LogP contribution in [0.2, 0.25) is 0 Å². The summed E-state index contributed by atoms with van der Waals surface area (Å²) in [6.07, 6.45) is 3.61. The third kappa shape index (κ3) is 4.58. The van der Waals surface area contributed by atoms with Crippen LogP contribution in [-0.4, -0.2) is 49.6 Å². The molecular formula is C17H29N3. The largest absolute Gasteiger partial charge is 0.323 e. The lowest BCUT2D eigenvalue weighted by molar-refractivity contribution is 0.262. The molecule has 0 radical (unpaired) electrons. The molecule has 1 aliphatic heterocycles. The summed E-state index contributed by atoms with van der Waals surface area (Å²) in [5.74, 6) is 0. The normalized spacial score (nSPS) is 19.8.